The number of nitrogens with zero attached hydrogens (tertiary/aromatic N) is 4. The number of rotatable bonds is 5. The van der Waals surface area contributed by atoms with Crippen LogP contribution in [0.3, 0.4) is 0 Å². The molecule has 1 aliphatic rings. The number of nitrogens with one attached hydrogen (secondary N) is 1. The number of carbonyl (C=O) groups excluding carboxylic acids is 2. The maximum absolute atomic E-state index is 13.1. The molecule has 1 atom stereocenters. The quantitative estimate of drug-likeness (QED) is 0.590. The maximum Gasteiger partial charge on any atom is 0.416 e. The van der Waals surface area contributed by atoms with Gasteiger partial charge in [-0.05, 0) is 44.5 Å². The van der Waals surface area contributed by atoms with Crippen LogP contribution >= 0.6 is 0 Å². The molecule has 0 aliphatic carbocycles. The molecular weight excluding hydrogens is 435 g/mol. The van der Waals surface area contributed by atoms with Crippen molar-refractivity contribution in [3.8, 4) is 5.82 Å². The number of aromatic nitrogens is 3. The molecule has 3 heterocycles. The summed E-state index contributed by atoms with van der Waals surface area (Å²) in [5.41, 5.74) is 0.862. The Morgan fingerprint density at radius 1 is 1.15 bits per heavy atom. The predicted octanol–water partition coefficient (Wildman–Crippen LogP) is 3.78. The van der Waals surface area contributed by atoms with Crippen LogP contribution in [0.2, 0.25) is 0 Å². The van der Waals surface area contributed by atoms with E-state index < -0.39 is 23.6 Å². The fraction of sp³-hybridized carbons (Fsp3) is 0.304. The Hall–Kier alpha value is -3.69. The second-order valence-electron chi connectivity index (χ2n) is 8.09. The van der Waals surface area contributed by atoms with Crippen molar-refractivity contribution in [2.75, 3.05) is 18.9 Å². The molecule has 2 aromatic heterocycles. The SMILES string of the molecule is Cc1cc(C)n(-c2cc(NC3CCN(C)C3=O)cc(C(=O)c3cccc(C(F)(F)F)c3)n2)n1. The number of aryl methyl sites for hydroxylation is 2. The van der Waals surface area contributed by atoms with E-state index >= 15 is 0 Å². The van der Waals surface area contributed by atoms with Gasteiger partial charge in [-0.25, -0.2) is 9.67 Å². The third kappa shape index (κ3) is 4.59. The number of likely N-dealkylation sites (N-methyl/N-ethyl adjacent to an activating group) is 1. The molecule has 4 rings (SSSR count). The van der Waals surface area contributed by atoms with E-state index in [1.54, 1.807) is 22.7 Å². The molecule has 10 heteroatoms. The van der Waals surface area contributed by atoms with Crippen molar-refractivity contribution in [3.05, 3.63) is 70.7 Å². The summed E-state index contributed by atoms with van der Waals surface area (Å²) in [7, 11) is 1.71. The van der Waals surface area contributed by atoms with E-state index in [1.807, 2.05) is 19.9 Å². The normalized spacial score (nSPS) is 16.4. The number of benzene rings is 1. The van der Waals surface area contributed by atoms with Gasteiger partial charge >= 0.3 is 6.18 Å². The highest BCUT2D eigenvalue weighted by Crippen LogP contribution is 2.30. The van der Waals surface area contributed by atoms with Crippen LogP contribution in [0, 0.1) is 13.8 Å². The van der Waals surface area contributed by atoms with Crippen LogP contribution < -0.4 is 5.32 Å². The van der Waals surface area contributed by atoms with Crippen LogP contribution in [0.1, 0.15) is 39.4 Å². The Morgan fingerprint density at radius 3 is 2.52 bits per heavy atom. The van der Waals surface area contributed by atoms with Gasteiger partial charge in [0, 0.05) is 36.6 Å². The minimum absolute atomic E-state index is 0.0549. The molecule has 0 radical (unpaired) electrons. The number of alkyl halides is 3. The molecule has 33 heavy (non-hydrogen) atoms. The van der Waals surface area contributed by atoms with Gasteiger partial charge in [0.05, 0.1) is 11.3 Å². The second-order valence-corrected chi connectivity index (χ2v) is 8.09. The van der Waals surface area contributed by atoms with Gasteiger partial charge in [-0.15, -0.1) is 0 Å². The molecule has 7 nitrogen and oxygen atoms in total. The average molecular weight is 457 g/mol. The predicted molar refractivity (Wildman–Crippen MR) is 115 cm³/mol. The zero-order chi connectivity index (χ0) is 23.9. The Morgan fingerprint density at radius 2 is 1.91 bits per heavy atom. The molecular formula is C23H22F3N5O2. The van der Waals surface area contributed by atoms with Crippen LogP contribution in [0.4, 0.5) is 18.9 Å². The lowest BCUT2D eigenvalue weighted by atomic mass is 10.0. The van der Waals surface area contributed by atoms with E-state index in [0.29, 0.717) is 24.5 Å². The lowest BCUT2D eigenvalue weighted by Crippen LogP contribution is -2.31. The first kappa shape index (κ1) is 22.5. The van der Waals surface area contributed by atoms with E-state index in [-0.39, 0.29) is 17.2 Å². The zero-order valence-corrected chi connectivity index (χ0v) is 18.3. The summed E-state index contributed by atoms with van der Waals surface area (Å²) in [6, 6.07) is 8.70. The Labute approximate surface area is 188 Å². The number of hydrogen-bond acceptors (Lipinski definition) is 5. The molecule has 1 saturated heterocycles. The lowest BCUT2D eigenvalue weighted by Gasteiger charge is -2.16. The summed E-state index contributed by atoms with van der Waals surface area (Å²) in [5, 5.41) is 7.53. The van der Waals surface area contributed by atoms with Gasteiger partial charge in [-0.3, -0.25) is 9.59 Å². The Balaban J connectivity index is 1.77. The fourth-order valence-corrected chi connectivity index (χ4v) is 3.83. The van der Waals surface area contributed by atoms with Crippen molar-refractivity contribution in [2.24, 2.45) is 0 Å². The molecule has 0 spiro atoms. The molecule has 3 aromatic rings. The van der Waals surface area contributed by atoms with Crippen LogP contribution in [0.15, 0.2) is 42.5 Å². The topological polar surface area (TPSA) is 80.1 Å². The molecule has 1 amide bonds. The van der Waals surface area contributed by atoms with E-state index in [0.717, 1.165) is 23.5 Å². The molecule has 1 fully saturated rings. The van der Waals surface area contributed by atoms with E-state index in [1.165, 1.54) is 18.2 Å². The molecule has 1 aliphatic heterocycles. The van der Waals surface area contributed by atoms with Crippen molar-refractivity contribution in [3.63, 3.8) is 0 Å². The van der Waals surface area contributed by atoms with Crippen LogP contribution in [0.25, 0.3) is 5.82 Å². The second kappa shape index (κ2) is 8.34. The van der Waals surface area contributed by atoms with Gasteiger partial charge in [0.15, 0.2) is 5.82 Å². The molecule has 0 bridgehead atoms. The third-order valence-electron chi connectivity index (χ3n) is 5.49. The smallest absolute Gasteiger partial charge is 0.373 e. The highest BCUT2D eigenvalue weighted by molar-refractivity contribution is 6.08. The molecule has 172 valence electrons. The van der Waals surface area contributed by atoms with Crippen molar-refractivity contribution >= 4 is 17.4 Å². The summed E-state index contributed by atoms with van der Waals surface area (Å²) >= 11 is 0. The molecule has 1 aromatic carbocycles. The molecule has 1 N–H and O–H groups in total. The highest BCUT2D eigenvalue weighted by atomic mass is 19.4. The van der Waals surface area contributed by atoms with E-state index in [4.69, 9.17) is 0 Å². The monoisotopic (exact) mass is 457 g/mol. The van der Waals surface area contributed by atoms with Gasteiger partial charge in [-0.1, -0.05) is 12.1 Å². The number of hydrogen-bond donors (Lipinski definition) is 1. The Bertz CT molecular complexity index is 1240. The van der Waals surface area contributed by atoms with Gasteiger partial charge in [0.2, 0.25) is 11.7 Å². The van der Waals surface area contributed by atoms with Gasteiger partial charge in [0.1, 0.15) is 11.7 Å². The minimum Gasteiger partial charge on any atom is -0.373 e. The van der Waals surface area contributed by atoms with Crippen molar-refractivity contribution < 1.29 is 22.8 Å². The number of anilines is 1. The van der Waals surface area contributed by atoms with Gasteiger partial charge in [-0.2, -0.15) is 18.3 Å². The summed E-state index contributed by atoms with van der Waals surface area (Å²) < 4.78 is 41.0. The zero-order valence-electron chi connectivity index (χ0n) is 18.3. The lowest BCUT2D eigenvalue weighted by molar-refractivity contribution is -0.137. The summed E-state index contributed by atoms with van der Waals surface area (Å²) in [5.74, 6) is -0.424. The summed E-state index contributed by atoms with van der Waals surface area (Å²) in [4.78, 5) is 31.5. The number of carbonyl (C=O) groups is 2. The fourth-order valence-electron chi connectivity index (χ4n) is 3.83. The largest absolute Gasteiger partial charge is 0.416 e. The average Bonchev–Trinajstić information content (AvgIpc) is 3.27. The first-order valence-electron chi connectivity index (χ1n) is 10.3. The van der Waals surface area contributed by atoms with Crippen molar-refractivity contribution in [2.45, 2.75) is 32.5 Å². The van der Waals surface area contributed by atoms with Gasteiger partial charge in [0.25, 0.3) is 0 Å². The van der Waals surface area contributed by atoms with E-state index in [2.05, 4.69) is 15.4 Å². The first-order valence-corrected chi connectivity index (χ1v) is 10.3. The van der Waals surface area contributed by atoms with Crippen LogP contribution in [-0.4, -0.2) is 51.0 Å². The highest BCUT2D eigenvalue weighted by Gasteiger charge is 2.32. The standard InChI is InChI=1S/C23H22F3N5O2/c1-13-9-14(2)31(29-13)20-12-17(27-18-7-8-30(3)22(18)33)11-19(28-20)21(32)15-5-4-6-16(10-15)23(24,25)26/h4-6,9-12,18H,7-8H2,1-3H3,(H,27,28). The van der Waals surface area contributed by atoms with Gasteiger partial charge < -0.3 is 10.2 Å². The van der Waals surface area contributed by atoms with Crippen LogP contribution in [-0.2, 0) is 11.0 Å². The van der Waals surface area contributed by atoms with E-state index in [9.17, 15) is 22.8 Å². The maximum atomic E-state index is 13.1. The van der Waals surface area contributed by atoms with Crippen LogP contribution in [0.5, 0.6) is 0 Å². The first-order chi connectivity index (χ1) is 15.5. The van der Waals surface area contributed by atoms with Crippen molar-refractivity contribution in [1.82, 2.24) is 19.7 Å². The number of ketones is 1. The summed E-state index contributed by atoms with van der Waals surface area (Å²) in [6.07, 6.45) is -3.99. The number of amides is 1. The third-order valence-corrected chi connectivity index (χ3v) is 5.49. The molecule has 0 saturated carbocycles. The Kier molecular flexibility index (Phi) is 5.69. The number of pyridine rings is 1. The number of likely N-dealkylation sites (tertiary alicyclic amines) is 1. The molecule has 1 unspecified atom stereocenters. The minimum atomic E-state index is -4.57. The summed E-state index contributed by atoms with van der Waals surface area (Å²) in [6.45, 7) is 4.24. The van der Waals surface area contributed by atoms with Crippen molar-refractivity contribution in [1.29, 1.82) is 0 Å². The number of halogens is 3.